The summed E-state index contributed by atoms with van der Waals surface area (Å²) in [6.45, 7) is 3.05. The number of allylic oxidation sites excluding steroid dienone is 4. The second kappa shape index (κ2) is 11.3. The molecule has 0 aliphatic heterocycles. The van der Waals surface area contributed by atoms with Crippen molar-refractivity contribution >= 4 is 23.5 Å². The Morgan fingerprint density at radius 3 is 2.59 bits per heavy atom. The molecule has 0 aliphatic carbocycles. The lowest BCUT2D eigenvalue weighted by Crippen LogP contribution is -2.30. The van der Waals surface area contributed by atoms with Crippen LogP contribution in [0, 0.1) is 0 Å². The minimum absolute atomic E-state index is 1.01. The molecule has 0 aliphatic rings. The topological polar surface area (TPSA) is 19.1 Å². The van der Waals surface area contributed by atoms with E-state index in [1.807, 2.05) is 31.9 Å². The molecule has 1 heterocycles. The van der Waals surface area contributed by atoms with Gasteiger partial charge in [-0.15, -0.1) is 0 Å². The summed E-state index contributed by atoms with van der Waals surface area (Å²) < 4.78 is 2.16. The zero-order chi connectivity index (χ0) is 19.5. The number of anilines is 1. The Bertz CT molecular complexity index is 792. The third-order valence-electron chi connectivity index (χ3n) is 4.26. The Morgan fingerprint density at radius 1 is 1.15 bits per heavy atom. The van der Waals surface area contributed by atoms with Crippen LogP contribution in [0.2, 0.25) is 0 Å². The molecule has 1 aromatic carbocycles. The number of aryl methyl sites for hydroxylation is 1. The van der Waals surface area contributed by atoms with E-state index in [9.17, 15) is 0 Å². The SMILES string of the molecule is C/C=C(\C=C/NC)/C=C/c1ccc(N(C)CCSc2cccc[n+]2C)cc1. The molecule has 0 amide bonds. The van der Waals surface area contributed by atoms with Crippen LogP contribution in [0.4, 0.5) is 5.69 Å². The Balaban J connectivity index is 1.88. The monoisotopic (exact) mass is 380 g/mol. The number of thioether (sulfide) groups is 1. The van der Waals surface area contributed by atoms with E-state index in [4.69, 9.17) is 0 Å². The highest BCUT2D eigenvalue weighted by molar-refractivity contribution is 7.99. The number of benzene rings is 1. The largest absolute Gasteiger partial charge is 0.394 e. The molecule has 1 N–H and O–H groups in total. The summed E-state index contributed by atoms with van der Waals surface area (Å²) in [7, 11) is 6.14. The fraction of sp³-hybridized carbons (Fsp3) is 0.261. The number of nitrogens with zero attached hydrogens (tertiary/aromatic N) is 2. The summed E-state index contributed by atoms with van der Waals surface area (Å²) in [4.78, 5) is 2.30. The summed E-state index contributed by atoms with van der Waals surface area (Å²) >= 11 is 1.89. The second-order valence-corrected chi connectivity index (χ2v) is 7.37. The van der Waals surface area contributed by atoms with Gasteiger partial charge in [0, 0.05) is 44.2 Å². The zero-order valence-corrected chi connectivity index (χ0v) is 17.5. The van der Waals surface area contributed by atoms with Gasteiger partial charge in [0.05, 0.1) is 0 Å². The molecule has 0 unspecified atom stereocenters. The van der Waals surface area contributed by atoms with Crippen LogP contribution < -0.4 is 14.8 Å². The summed E-state index contributed by atoms with van der Waals surface area (Å²) in [6.07, 6.45) is 12.4. The molecule has 4 heteroatoms. The Morgan fingerprint density at radius 2 is 1.93 bits per heavy atom. The lowest BCUT2D eigenvalue weighted by molar-refractivity contribution is -0.708. The Labute approximate surface area is 168 Å². The predicted molar refractivity (Wildman–Crippen MR) is 119 cm³/mol. The second-order valence-electron chi connectivity index (χ2n) is 6.26. The van der Waals surface area contributed by atoms with Gasteiger partial charge in [-0.3, -0.25) is 0 Å². The summed E-state index contributed by atoms with van der Waals surface area (Å²) in [5, 5.41) is 4.31. The van der Waals surface area contributed by atoms with Crippen molar-refractivity contribution in [2.75, 3.05) is 31.3 Å². The van der Waals surface area contributed by atoms with Crippen molar-refractivity contribution in [2.45, 2.75) is 11.9 Å². The summed E-state index contributed by atoms with van der Waals surface area (Å²) in [6, 6.07) is 15.0. The third-order valence-corrected chi connectivity index (χ3v) is 5.37. The fourth-order valence-corrected chi connectivity index (χ4v) is 3.55. The quantitative estimate of drug-likeness (QED) is 0.394. The fourth-order valence-electron chi connectivity index (χ4n) is 2.53. The molecular formula is C23H30N3S+. The lowest BCUT2D eigenvalue weighted by atomic mass is 10.1. The van der Waals surface area contributed by atoms with E-state index in [2.05, 4.69) is 102 Å². The summed E-state index contributed by atoms with van der Waals surface area (Å²) in [5.41, 5.74) is 3.62. The Kier molecular flexibility index (Phi) is 8.72. The first-order valence-electron chi connectivity index (χ1n) is 9.21. The van der Waals surface area contributed by atoms with Crippen molar-refractivity contribution in [1.82, 2.24) is 5.32 Å². The van der Waals surface area contributed by atoms with Crippen LogP contribution in [0.25, 0.3) is 6.08 Å². The molecule has 142 valence electrons. The molecule has 27 heavy (non-hydrogen) atoms. The van der Waals surface area contributed by atoms with Crippen LogP contribution in [0.5, 0.6) is 0 Å². The van der Waals surface area contributed by atoms with Crippen LogP contribution in [0.1, 0.15) is 12.5 Å². The minimum atomic E-state index is 1.01. The van der Waals surface area contributed by atoms with Crippen molar-refractivity contribution in [3.05, 3.63) is 84.2 Å². The van der Waals surface area contributed by atoms with Gasteiger partial charge < -0.3 is 10.2 Å². The highest BCUT2D eigenvalue weighted by atomic mass is 32.2. The van der Waals surface area contributed by atoms with Gasteiger partial charge in [0.25, 0.3) is 0 Å². The standard InChI is InChI=1S/C23H30N3S/c1-5-20(15-16-24-2)9-10-21-11-13-22(14-12-21)25(3)18-19-27-23-8-6-7-17-26(23)4/h5-17,24H,18-19H2,1-4H3/q+1/b10-9+,16-15-,20-5-. The number of rotatable bonds is 9. The molecule has 0 radical (unpaired) electrons. The molecule has 0 spiro atoms. The van der Waals surface area contributed by atoms with Crippen LogP contribution in [0.3, 0.4) is 0 Å². The highest BCUT2D eigenvalue weighted by Crippen LogP contribution is 2.18. The van der Waals surface area contributed by atoms with Crippen molar-refractivity contribution in [1.29, 1.82) is 0 Å². The number of hydrogen-bond acceptors (Lipinski definition) is 3. The first kappa shape index (κ1) is 20.8. The predicted octanol–water partition coefficient (Wildman–Crippen LogP) is 4.43. The molecule has 0 fully saturated rings. The van der Waals surface area contributed by atoms with Crippen LogP contribution in [-0.2, 0) is 7.05 Å². The zero-order valence-electron chi connectivity index (χ0n) is 16.7. The minimum Gasteiger partial charge on any atom is -0.394 e. The molecule has 0 saturated carbocycles. The van der Waals surface area contributed by atoms with Gasteiger partial charge in [0.2, 0.25) is 5.03 Å². The number of nitrogens with one attached hydrogen (secondary N) is 1. The Hall–Kier alpha value is -2.46. The van der Waals surface area contributed by atoms with Gasteiger partial charge in [-0.1, -0.05) is 42.1 Å². The van der Waals surface area contributed by atoms with Crippen LogP contribution in [0.15, 0.2) is 83.7 Å². The smallest absolute Gasteiger partial charge is 0.239 e. The van der Waals surface area contributed by atoms with Crippen molar-refractivity contribution in [3.8, 4) is 0 Å². The first-order chi connectivity index (χ1) is 13.1. The van der Waals surface area contributed by atoms with E-state index >= 15 is 0 Å². The van der Waals surface area contributed by atoms with Crippen molar-refractivity contribution in [2.24, 2.45) is 7.05 Å². The molecule has 0 atom stereocenters. The maximum atomic E-state index is 3.02. The number of aromatic nitrogens is 1. The maximum Gasteiger partial charge on any atom is 0.239 e. The molecular weight excluding hydrogens is 350 g/mol. The van der Waals surface area contributed by atoms with Gasteiger partial charge in [-0.05, 0) is 48.5 Å². The van der Waals surface area contributed by atoms with Gasteiger partial charge in [-0.25, -0.2) is 0 Å². The van der Waals surface area contributed by atoms with Gasteiger partial charge >= 0.3 is 0 Å². The molecule has 1 aromatic heterocycles. The van der Waals surface area contributed by atoms with E-state index in [1.54, 1.807) is 0 Å². The highest BCUT2D eigenvalue weighted by Gasteiger charge is 2.06. The van der Waals surface area contributed by atoms with E-state index in [0.29, 0.717) is 0 Å². The van der Waals surface area contributed by atoms with E-state index in [-0.39, 0.29) is 0 Å². The molecule has 0 saturated heterocycles. The van der Waals surface area contributed by atoms with E-state index in [0.717, 1.165) is 12.3 Å². The van der Waals surface area contributed by atoms with Crippen molar-refractivity contribution < 1.29 is 4.57 Å². The van der Waals surface area contributed by atoms with Crippen LogP contribution in [-0.4, -0.2) is 26.4 Å². The normalized spacial score (nSPS) is 12.1. The van der Waals surface area contributed by atoms with Crippen LogP contribution >= 0.6 is 11.8 Å². The average molecular weight is 381 g/mol. The van der Waals surface area contributed by atoms with Gasteiger partial charge in [0.1, 0.15) is 7.05 Å². The average Bonchev–Trinajstić information content (AvgIpc) is 2.70. The van der Waals surface area contributed by atoms with Crippen molar-refractivity contribution in [3.63, 3.8) is 0 Å². The van der Waals surface area contributed by atoms with E-state index in [1.165, 1.54) is 21.8 Å². The van der Waals surface area contributed by atoms with Gasteiger partial charge in [0.15, 0.2) is 6.20 Å². The number of hydrogen-bond donors (Lipinski definition) is 1. The molecule has 2 aromatic rings. The maximum absolute atomic E-state index is 3.02. The summed E-state index contributed by atoms with van der Waals surface area (Å²) in [5.74, 6) is 1.05. The van der Waals surface area contributed by atoms with E-state index < -0.39 is 0 Å². The third kappa shape index (κ3) is 6.99. The number of pyridine rings is 1. The molecule has 2 rings (SSSR count). The molecule has 0 bridgehead atoms. The first-order valence-corrected chi connectivity index (χ1v) is 10.2. The lowest BCUT2D eigenvalue weighted by Gasteiger charge is -2.18. The van der Waals surface area contributed by atoms with Gasteiger partial charge in [-0.2, -0.15) is 4.57 Å². The molecule has 3 nitrogen and oxygen atoms in total.